The number of esters is 1. The van der Waals surface area contributed by atoms with Gasteiger partial charge >= 0.3 is 5.97 Å². The van der Waals surface area contributed by atoms with Gasteiger partial charge in [-0.05, 0) is 54.4 Å². The molecule has 2 aliphatic heterocycles. The topological polar surface area (TPSA) is 84.0 Å². The molecule has 0 spiro atoms. The monoisotopic (exact) mass is 378 g/mol. The predicted octanol–water partition coefficient (Wildman–Crippen LogP) is 2.33. The fourth-order valence-corrected chi connectivity index (χ4v) is 3.63. The van der Waals surface area contributed by atoms with Crippen LogP contribution >= 0.6 is 0 Å². The van der Waals surface area contributed by atoms with E-state index in [9.17, 15) is 19.2 Å². The predicted molar refractivity (Wildman–Crippen MR) is 101 cm³/mol. The van der Waals surface area contributed by atoms with Crippen molar-refractivity contribution in [1.29, 1.82) is 0 Å². The second kappa shape index (κ2) is 6.92. The first-order chi connectivity index (χ1) is 13.5. The third-order valence-electron chi connectivity index (χ3n) is 5.07. The highest BCUT2D eigenvalue weighted by molar-refractivity contribution is 6.20. The molecular formula is C21H18N2O5. The second-order valence-electron chi connectivity index (χ2n) is 6.71. The third-order valence-corrected chi connectivity index (χ3v) is 5.07. The van der Waals surface area contributed by atoms with E-state index in [4.69, 9.17) is 4.74 Å². The average molecular weight is 378 g/mol. The lowest BCUT2D eigenvalue weighted by Crippen LogP contribution is -2.30. The van der Waals surface area contributed by atoms with Crippen LogP contribution in [0, 0.1) is 0 Å². The number of benzene rings is 2. The molecule has 4 rings (SSSR count). The minimum atomic E-state index is -0.408. The Balaban J connectivity index is 1.56. The number of methoxy groups -OCH3 is 1. The zero-order valence-electron chi connectivity index (χ0n) is 15.3. The summed E-state index contributed by atoms with van der Waals surface area (Å²) < 4.78 is 4.74. The van der Waals surface area contributed by atoms with Gasteiger partial charge in [-0.1, -0.05) is 0 Å². The summed E-state index contributed by atoms with van der Waals surface area (Å²) in [5.74, 6) is -1.03. The van der Waals surface area contributed by atoms with Gasteiger partial charge in [0.2, 0.25) is 11.8 Å². The van der Waals surface area contributed by atoms with Crippen molar-refractivity contribution in [2.75, 3.05) is 23.5 Å². The number of amides is 3. The lowest BCUT2D eigenvalue weighted by Gasteiger charge is -2.19. The molecule has 1 fully saturated rings. The molecule has 0 saturated carbocycles. The molecule has 0 aliphatic carbocycles. The number of hydrogen-bond donors (Lipinski definition) is 0. The van der Waals surface area contributed by atoms with Crippen LogP contribution in [0.2, 0.25) is 0 Å². The van der Waals surface area contributed by atoms with Gasteiger partial charge in [0, 0.05) is 30.6 Å². The Labute approximate surface area is 161 Å². The van der Waals surface area contributed by atoms with Gasteiger partial charge in [0.1, 0.15) is 0 Å². The third kappa shape index (κ3) is 2.94. The minimum absolute atomic E-state index is 0.171. The van der Waals surface area contributed by atoms with Crippen molar-refractivity contribution in [1.82, 2.24) is 0 Å². The molecule has 2 heterocycles. The maximum atomic E-state index is 12.9. The first kappa shape index (κ1) is 17.9. The maximum absolute atomic E-state index is 12.9. The van der Waals surface area contributed by atoms with E-state index in [0.29, 0.717) is 29.8 Å². The largest absolute Gasteiger partial charge is 0.465 e. The van der Waals surface area contributed by atoms with Crippen LogP contribution in [0.1, 0.15) is 39.1 Å². The summed E-state index contributed by atoms with van der Waals surface area (Å²) in [5, 5.41) is 0. The molecule has 7 nitrogen and oxygen atoms in total. The summed E-state index contributed by atoms with van der Waals surface area (Å²) in [6, 6.07) is 11.6. The van der Waals surface area contributed by atoms with Crippen LogP contribution in [0.3, 0.4) is 0 Å². The number of rotatable bonds is 3. The number of imide groups is 1. The lowest BCUT2D eigenvalue weighted by atomic mass is 10.1. The summed E-state index contributed by atoms with van der Waals surface area (Å²) >= 11 is 0. The van der Waals surface area contributed by atoms with Crippen LogP contribution in [-0.4, -0.2) is 37.3 Å². The molecule has 0 atom stereocenters. The first-order valence-electron chi connectivity index (χ1n) is 8.98. The molecule has 2 aromatic carbocycles. The van der Waals surface area contributed by atoms with Crippen molar-refractivity contribution in [2.24, 2.45) is 0 Å². The van der Waals surface area contributed by atoms with E-state index in [0.717, 1.165) is 16.2 Å². The second-order valence-corrected chi connectivity index (χ2v) is 6.71. The Morgan fingerprint density at radius 3 is 2.18 bits per heavy atom. The molecule has 2 aromatic rings. The van der Waals surface area contributed by atoms with Gasteiger partial charge in [-0.25, -0.2) is 4.79 Å². The van der Waals surface area contributed by atoms with Crippen LogP contribution in [0.4, 0.5) is 11.4 Å². The number of fused-ring (bicyclic) bond motifs is 1. The van der Waals surface area contributed by atoms with E-state index in [1.54, 1.807) is 47.4 Å². The molecule has 0 unspecified atom stereocenters. The molecule has 0 N–H and O–H groups in total. The Hall–Kier alpha value is -3.48. The summed E-state index contributed by atoms with van der Waals surface area (Å²) in [6.07, 6.45) is 1.09. The molecule has 0 aromatic heterocycles. The Bertz CT molecular complexity index is 980. The molecule has 0 bridgehead atoms. The van der Waals surface area contributed by atoms with Crippen LogP contribution in [0.25, 0.3) is 0 Å². The molecule has 142 valence electrons. The van der Waals surface area contributed by atoms with Gasteiger partial charge in [0.05, 0.1) is 18.4 Å². The number of carbonyl (C=O) groups excluding carboxylic acids is 4. The number of nitrogens with zero attached hydrogens (tertiary/aromatic N) is 2. The summed E-state index contributed by atoms with van der Waals surface area (Å²) in [4.78, 5) is 51.1. The van der Waals surface area contributed by atoms with Gasteiger partial charge < -0.3 is 9.64 Å². The van der Waals surface area contributed by atoms with Crippen LogP contribution in [0.15, 0.2) is 42.5 Å². The number of hydrogen-bond acceptors (Lipinski definition) is 5. The highest BCUT2D eigenvalue weighted by Gasteiger charge is 2.31. The normalized spacial score (nSPS) is 15.8. The van der Waals surface area contributed by atoms with E-state index in [-0.39, 0.29) is 30.6 Å². The summed E-state index contributed by atoms with van der Waals surface area (Å²) in [7, 11) is 1.33. The van der Waals surface area contributed by atoms with Crippen LogP contribution in [-0.2, 0) is 20.7 Å². The van der Waals surface area contributed by atoms with Crippen LogP contribution in [0.5, 0.6) is 0 Å². The maximum Gasteiger partial charge on any atom is 0.337 e. The van der Waals surface area contributed by atoms with E-state index in [1.165, 1.54) is 7.11 Å². The van der Waals surface area contributed by atoms with Crippen LogP contribution < -0.4 is 9.80 Å². The zero-order chi connectivity index (χ0) is 19.8. The SMILES string of the molecule is COC(=O)c1ccc2c(c1)CCN2C(=O)c1ccc(N2C(=O)CCC2=O)cc1. The standard InChI is InChI=1S/C21H18N2O5/c1-28-21(27)15-4-7-17-14(12-15)10-11-22(17)20(26)13-2-5-16(6-3-13)23-18(24)8-9-19(23)25/h2-7,12H,8-11H2,1H3. The molecule has 2 aliphatic rings. The average Bonchev–Trinajstić information content (AvgIpc) is 3.29. The summed E-state index contributed by atoms with van der Waals surface area (Å²) in [6.45, 7) is 0.518. The van der Waals surface area contributed by atoms with Crippen molar-refractivity contribution in [3.8, 4) is 0 Å². The lowest BCUT2D eigenvalue weighted by molar-refractivity contribution is -0.121. The summed E-state index contributed by atoms with van der Waals surface area (Å²) in [5.41, 5.74) is 3.09. The van der Waals surface area contributed by atoms with Crippen molar-refractivity contribution in [3.05, 3.63) is 59.2 Å². The van der Waals surface area contributed by atoms with Gasteiger partial charge in [0.15, 0.2) is 0 Å². The molecule has 28 heavy (non-hydrogen) atoms. The van der Waals surface area contributed by atoms with Gasteiger partial charge in [-0.15, -0.1) is 0 Å². The fourth-order valence-electron chi connectivity index (χ4n) is 3.63. The van der Waals surface area contributed by atoms with Crippen molar-refractivity contribution in [2.45, 2.75) is 19.3 Å². The quantitative estimate of drug-likeness (QED) is 0.605. The van der Waals surface area contributed by atoms with Gasteiger partial charge in [0.25, 0.3) is 5.91 Å². The fraction of sp³-hybridized carbons (Fsp3) is 0.238. The van der Waals surface area contributed by atoms with Crippen molar-refractivity contribution >= 4 is 35.1 Å². The van der Waals surface area contributed by atoms with E-state index in [1.807, 2.05) is 0 Å². The van der Waals surface area contributed by atoms with Gasteiger partial charge in [-0.2, -0.15) is 0 Å². The minimum Gasteiger partial charge on any atom is -0.465 e. The molecule has 0 radical (unpaired) electrons. The van der Waals surface area contributed by atoms with Crippen molar-refractivity contribution in [3.63, 3.8) is 0 Å². The number of ether oxygens (including phenoxy) is 1. The van der Waals surface area contributed by atoms with Gasteiger partial charge in [-0.3, -0.25) is 19.3 Å². The van der Waals surface area contributed by atoms with E-state index in [2.05, 4.69) is 0 Å². The molecule has 7 heteroatoms. The highest BCUT2D eigenvalue weighted by atomic mass is 16.5. The van der Waals surface area contributed by atoms with E-state index < -0.39 is 5.97 Å². The number of anilines is 2. The molecule has 1 saturated heterocycles. The first-order valence-corrected chi connectivity index (χ1v) is 8.98. The Morgan fingerprint density at radius 2 is 1.54 bits per heavy atom. The smallest absolute Gasteiger partial charge is 0.337 e. The molecular weight excluding hydrogens is 360 g/mol. The Morgan fingerprint density at radius 1 is 0.893 bits per heavy atom. The number of carbonyl (C=O) groups is 4. The molecule has 3 amide bonds. The van der Waals surface area contributed by atoms with E-state index >= 15 is 0 Å². The highest BCUT2D eigenvalue weighted by Crippen LogP contribution is 2.31. The van der Waals surface area contributed by atoms with Crippen molar-refractivity contribution < 1.29 is 23.9 Å². The zero-order valence-corrected chi connectivity index (χ0v) is 15.3. The Kier molecular flexibility index (Phi) is 4.43.